The van der Waals surface area contributed by atoms with E-state index in [-0.39, 0.29) is 12.4 Å². The highest BCUT2D eigenvalue weighted by molar-refractivity contribution is 6.31. The van der Waals surface area contributed by atoms with Gasteiger partial charge in [0.1, 0.15) is 13.1 Å². The molecule has 1 fully saturated rings. The van der Waals surface area contributed by atoms with E-state index in [0.717, 1.165) is 40.3 Å². The minimum absolute atomic E-state index is 0. The van der Waals surface area contributed by atoms with E-state index in [4.69, 9.17) is 11.6 Å². The summed E-state index contributed by atoms with van der Waals surface area (Å²) in [7, 11) is 0. The van der Waals surface area contributed by atoms with Crippen LogP contribution >= 0.6 is 11.6 Å². The van der Waals surface area contributed by atoms with Gasteiger partial charge in [0.15, 0.2) is 5.60 Å². The first-order valence-corrected chi connectivity index (χ1v) is 11.4. The molecule has 1 saturated heterocycles. The van der Waals surface area contributed by atoms with Crippen LogP contribution < -0.4 is 12.4 Å². The molecule has 0 aromatic heterocycles. The van der Waals surface area contributed by atoms with E-state index < -0.39 is 5.60 Å². The number of hydrogen-bond donors (Lipinski definition) is 1. The van der Waals surface area contributed by atoms with Gasteiger partial charge in [-0.1, -0.05) is 96.4 Å². The van der Waals surface area contributed by atoms with Gasteiger partial charge in [0.05, 0.1) is 13.1 Å². The molecular formula is C28H29Cl2NO. The average molecular weight is 466 g/mol. The van der Waals surface area contributed by atoms with Crippen LogP contribution in [0.1, 0.15) is 36.0 Å². The Labute approximate surface area is 202 Å². The molecule has 0 amide bonds. The van der Waals surface area contributed by atoms with Gasteiger partial charge >= 0.3 is 0 Å². The number of hydrogen-bond acceptors (Lipinski definition) is 1. The summed E-state index contributed by atoms with van der Waals surface area (Å²) < 4.78 is 0.899. The summed E-state index contributed by atoms with van der Waals surface area (Å²) in [6.45, 7) is 3.76. The first-order chi connectivity index (χ1) is 15.1. The molecule has 1 heterocycles. The highest BCUT2D eigenvalue weighted by Gasteiger charge is 2.32. The standard InChI is InChI=1S/C28H29ClNO.ClH/c29-27-18-9-8-13-24(27)23-30(20-10-3-11-21-30)22-12-19-28(31,25-14-4-1-5-15-25)26-16-6-2-7-17-26;/h1-2,4-9,13-18,31H,3,10-11,20-23H2;1H/q+1;/p-1. The van der Waals surface area contributed by atoms with Crippen molar-refractivity contribution in [2.75, 3.05) is 19.6 Å². The molecule has 0 saturated carbocycles. The third-order valence-electron chi connectivity index (χ3n) is 6.30. The Kier molecular flexibility index (Phi) is 8.40. The molecule has 0 atom stereocenters. The quantitative estimate of drug-likeness (QED) is 0.453. The fourth-order valence-corrected chi connectivity index (χ4v) is 4.74. The maximum absolute atomic E-state index is 11.7. The van der Waals surface area contributed by atoms with Crippen molar-refractivity contribution in [3.8, 4) is 11.8 Å². The number of quaternary nitrogens is 1. The third kappa shape index (κ3) is 5.55. The van der Waals surface area contributed by atoms with Crippen molar-refractivity contribution in [3.63, 3.8) is 0 Å². The Bertz CT molecular complexity index is 1010. The van der Waals surface area contributed by atoms with Gasteiger partial charge in [-0.15, -0.1) is 0 Å². The maximum Gasteiger partial charge on any atom is 0.177 e. The van der Waals surface area contributed by atoms with Crippen LogP contribution in [0.5, 0.6) is 0 Å². The molecule has 166 valence electrons. The monoisotopic (exact) mass is 465 g/mol. The molecule has 0 bridgehead atoms. The summed E-state index contributed by atoms with van der Waals surface area (Å²) in [5, 5.41) is 12.5. The largest absolute Gasteiger partial charge is 1.00 e. The molecule has 4 rings (SSSR count). The van der Waals surface area contributed by atoms with Crippen molar-refractivity contribution < 1.29 is 22.0 Å². The van der Waals surface area contributed by atoms with E-state index >= 15 is 0 Å². The second-order valence-corrected chi connectivity index (χ2v) is 8.91. The van der Waals surface area contributed by atoms with Crippen LogP contribution in [0.4, 0.5) is 0 Å². The van der Waals surface area contributed by atoms with Crippen LogP contribution in [0.2, 0.25) is 5.02 Å². The minimum atomic E-state index is -1.33. The Morgan fingerprint density at radius 3 is 1.88 bits per heavy atom. The second-order valence-electron chi connectivity index (χ2n) is 8.50. The molecule has 0 spiro atoms. The van der Waals surface area contributed by atoms with Crippen LogP contribution in [0.3, 0.4) is 0 Å². The summed E-state index contributed by atoms with van der Waals surface area (Å²) in [5.41, 5.74) is 1.44. The van der Waals surface area contributed by atoms with E-state index in [1.807, 2.05) is 72.8 Å². The zero-order valence-corrected chi connectivity index (χ0v) is 19.7. The van der Waals surface area contributed by atoms with Gasteiger partial charge in [-0.05, 0) is 31.2 Å². The summed E-state index contributed by atoms with van der Waals surface area (Å²) in [4.78, 5) is 0. The zero-order valence-electron chi connectivity index (χ0n) is 18.2. The average Bonchev–Trinajstić information content (AvgIpc) is 2.82. The van der Waals surface area contributed by atoms with E-state index in [1.165, 1.54) is 24.8 Å². The lowest BCUT2D eigenvalue weighted by Gasteiger charge is -2.40. The number of likely N-dealkylation sites (tertiary alicyclic amines) is 1. The van der Waals surface area contributed by atoms with Gasteiger partial charge < -0.3 is 22.0 Å². The van der Waals surface area contributed by atoms with Crippen LogP contribution in [0, 0.1) is 11.8 Å². The Balaban J connectivity index is 0.00000289. The Morgan fingerprint density at radius 2 is 1.31 bits per heavy atom. The summed E-state index contributed by atoms with van der Waals surface area (Å²) in [6, 6.07) is 27.6. The number of aliphatic hydroxyl groups is 1. The SMILES string of the molecule is OC(C#CC[N+]1(Cc2ccccc2Cl)CCCCC1)(c1ccccc1)c1ccccc1.[Cl-]. The predicted molar refractivity (Wildman–Crippen MR) is 128 cm³/mol. The van der Waals surface area contributed by atoms with Gasteiger partial charge in [0.25, 0.3) is 0 Å². The fraction of sp³-hybridized carbons (Fsp3) is 0.286. The van der Waals surface area contributed by atoms with Crippen molar-refractivity contribution in [2.45, 2.75) is 31.4 Å². The van der Waals surface area contributed by atoms with Gasteiger partial charge in [0.2, 0.25) is 0 Å². The van der Waals surface area contributed by atoms with Crippen molar-refractivity contribution in [1.29, 1.82) is 0 Å². The molecular weight excluding hydrogens is 437 g/mol. The van der Waals surface area contributed by atoms with Crippen molar-refractivity contribution in [3.05, 3.63) is 107 Å². The molecule has 1 aliphatic rings. The van der Waals surface area contributed by atoms with E-state index in [9.17, 15) is 5.11 Å². The first kappa shape index (κ1) is 24.4. The van der Waals surface area contributed by atoms with Crippen LogP contribution in [-0.2, 0) is 12.1 Å². The van der Waals surface area contributed by atoms with Crippen molar-refractivity contribution >= 4 is 11.6 Å². The van der Waals surface area contributed by atoms with Crippen molar-refractivity contribution in [2.24, 2.45) is 0 Å². The lowest BCUT2D eigenvalue weighted by atomic mass is 9.87. The molecule has 0 aliphatic carbocycles. The number of nitrogens with zero attached hydrogens (tertiary/aromatic N) is 1. The first-order valence-electron chi connectivity index (χ1n) is 11.0. The number of halogens is 2. The highest BCUT2D eigenvalue weighted by atomic mass is 35.5. The molecule has 3 aromatic rings. The lowest BCUT2D eigenvalue weighted by molar-refractivity contribution is -0.938. The van der Waals surface area contributed by atoms with E-state index in [0.29, 0.717) is 6.54 Å². The second kappa shape index (κ2) is 11.0. The molecule has 4 heteroatoms. The third-order valence-corrected chi connectivity index (χ3v) is 6.66. The smallest absolute Gasteiger partial charge is 0.177 e. The van der Waals surface area contributed by atoms with E-state index in [1.54, 1.807) is 0 Å². The minimum Gasteiger partial charge on any atom is -1.00 e. The summed E-state index contributed by atoms with van der Waals surface area (Å²) in [5.74, 6) is 6.66. The number of piperidine rings is 1. The van der Waals surface area contributed by atoms with Crippen molar-refractivity contribution in [1.82, 2.24) is 0 Å². The fourth-order valence-electron chi connectivity index (χ4n) is 4.55. The molecule has 3 aromatic carbocycles. The Hall–Kier alpha value is -2.28. The van der Waals surface area contributed by atoms with Gasteiger partial charge in [-0.25, -0.2) is 0 Å². The number of rotatable bonds is 5. The molecule has 32 heavy (non-hydrogen) atoms. The molecule has 1 aliphatic heterocycles. The Morgan fingerprint density at radius 1 is 0.781 bits per heavy atom. The molecule has 2 nitrogen and oxygen atoms in total. The summed E-state index contributed by atoms with van der Waals surface area (Å²) in [6.07, 6.45) is 3.68. The van der Waals surface area contributed by atoms with Crippen LogP contribution in [-0.4, -0.2) is 29.2 Å². The normalized spacial score (nSPS) is 15.2. The molecule has 0 unspecified atom stereocenters. The predicted octanol–water partition coefficient (Wildman–Crippen LogP) is 2.78. The van der Waals surface area contributed by atoms with Crippen LogP contribution in [0.15, 0.2) is 84.9 Å². The zero-order chi connectivity index (χ0) is 21.6. The van der Waals surface area contributed by atoms with Gasteiger partial charge in [-0.3, -0.25) is 0 Å². The number of benzene rings is 3. The molecule has 0 radical (unpaired) electrons. The molecule has 1 N–H and O–H groups in total. The summed E-state index contributed by atoms with van der Waals surface area (Å²) >= 11 is 6.49. The van der Waals surface area contributed by atoms with Crippen LogP contribution in [0.25, 0.3) is 0 Å². The highest BCUT2D eigenvalue weighted by Crippen LogP contribution is 2.30. The topological polar surface area (TPSA) is 20.2 Å². The van der Waals surface area contributed by atoms with E-state index in [2.05, 4.69) is 24.0 Å². The maximum atomic E-state index is 11.7. The van der Waals surface area contributed by atoms with Gasteiger partial charge in [-0.2, -0.15) is 0 Å². The van der Waals surface area contributed by atoms with Gasteiger partial charge in [0, 0.05) is 21.7 Å². The lowest BCUT2D eigenvalue weighted by Crippen LogP contribution is -3.00.